The van der Waals surface area contributed by atoms with Crippen LogP contribution in [0.5, 0.6) is 0 Å². The maximum atomic E-state index is 12.7. The Kier molecular flexibility index (Phi) is 10.2. The fraction of sp³-hybridized carbons (Fsp3) is 0.542. The summed E-state index contributed by atoms with van der Waals surface area (Å²) in [6, 6.07) is 8.76. The standard InChI is InChI=1S/C20H30N2O.C4H4O4/c1-2-22(20(23)16-21-14-6-3-7-15-21)19-12-10-18(11-13-19)17-8-4-5-9-17;5-3(6)1-2-4(7)8/h10-13,17H,2-9,14-16H2,1H3;1-2H,(H,5,6)(H,7,8)/p-2/b;2-1-. The van der Waals surface area contributed by atoms with Crippen molar-refractivity contribution in [2.75, 3.05) is 31.1 Å². The summed E-state index contributed by atoms with van der Waals surface area (Å²) in [6.45, 7) is 5.53. The molecule has 1 saturated carbocycles. The van der Waals surface area contributed by atoms with Crippen LogP contribution in [-0.4, -0.2) is 48.9 Å². The highest BCUT2D eigenvalue weighted by atomic mass is 16.4. The molecule has 0 unspecified atom stereocenters. The van der Waals surface area contributed by atoms with E-state index in [9.17, 15) is 24.6 Å². The third-order valence-electron chi connectivity index (χ3n) is 5.81. The van der Waals surface area contributed by atoms with Gasteiger partial charge in [0.2, 0.25) is 5.91 Å². The molecule has 1 aliphatic heterocycles. The summed E-state index contributed by atoms with van der Waals surface area (Å²) in [5, 5.41) is 18.8. The van der Waals surface area contributed by atoms with Crippen LogP contribution in [0.2, 0.25) is 0 Å². The van der Waals surface area contributed by atoms with Gasteiger partial charge in [-0.2, -0.15) is 0 Å². The minimum Gasteiger partial charge on any atom is -0.545 e. The van der Waals surface area contributed by atoms with Crippen LogP contribution < -0.4 is 15.1 Å². The molecule has 7 heteroatoms. The lowest BCUT2D eigenvalue weighted by Gasteiger charge is -2.29. The second kappa shape index (κ2) is 12.9. The van der Waals surface area contributed by atoms with Gasteiger partial charge in [-0.1, -0.05) is 31.4 Å². The number of carboxylic acids is 2. The van der Waals surface area contributed by atoms with Gasteiger partial charge < -0.3 is 24.7 Å². The van der Waals surface area contributed by atoms with E-state index in [1.165, 1.54) is 50.5 Å². The van der Waals surface area contributed by atoms with Gasteiger partial charge in [0.15, 0.2) is 0 Å². The first kappa shape index (κ1) is 24.6. The Labute approximate surface area is 184 Å². The fourth-order valence-corrected chi connectivity index (χ4v) is 4.22. The van der Waals surface area contributed by atoms with Crippen molar-refractivity contribution in [1.82, 2.24) is 4.90 Å². The lowest BCUT2D eigenvalue weighted by molar-refractivity contribution is -0.301. The van der Waals surface area contributed by atoms with Crippen LogP contribution in [0, 0.1) is 0 Å². The third kappa shape index (κ3) is 8.53. The number of hydrogen-bond donors (Lipinski definition) is 0. The van der Waals surface area contributed by atoms with E-state index in [4.69, 9.17) is 0 Å². The van der Waals surface area contributed by atoms with Crippen molar-refractivity contribution in [2.24, 2.45) is 0 Å². The van der Waals surface area contributed by atoms with E-state index >= 15 is 0 Å². The average Bonchev–Trinajstić information content (AvgIpc) is 3.29. The van der Waals surface area contributed by atoms with E-state index in [0.717, 1.165) is 31.2 Å². The van der Waals surface area contributed by atoms with Crippen LogP contribution in [0.4, 0.5) is 5.69 Å². The first-order chi connectivity index (χ1) is 14.9. The molecule has 7 nitrogen and oxygen atoms in total. The lowest BCUT2D eigenvalue weighted by Crippen LogP contribution is -2.42. The molecule has 1 aromatic rings. The van der Waals surface area contributed by atoms with E-state index in [-0.39, 0.29) is 5.91 Å². The van der Waals surface area contributed by atoms with Crippen LogP contribution in [-0.2, 0) is 14.4 Å². The minimum absolute atomic E-state index is 0.239. The van der Waals surface area contributed by atoms with Gasteiger partial charge in [-0.05, 0) is 81.5 Å². The largest absolute Gasteiger partial charge is 0.545 e. The predicted molar refractivity (Wildman–Crippen MR) is 115 cm³/mol. The number of rotatable bonds is 7. The number of carboxylic acid groups (broad SMARTS) is 2. The molecular weight excluding hydrogens is 396 g/mol. The Morgan fingerprint density at radius 2 is 1.48 bits per heavy atom. The van der Waals surface area contributed by atoms with Crippen molar-refractivity contribution >= 4 is 23.5 Å². The van der Waals surface area contributed by atoms with Crippen molar-refractivity contribution in [3.05, 3.63) is 42.0 Å². The van der Waals surface area contributed by atoms with Gasteiger partial charge in [0.05, 0.1) is 18.5 Å². The zero-order chi connectivity index (χ0) is 22.6. The van der Waals surface area contributed by atoms with Gasteiger partial charge in [0.25, 0.3) is 0 Å². The number of anilines is 1. The summed E-state index contributed by atoms with van der Waals surface area (Å²) < 4.78 is 0. The number of piperidine rings is 1. The summed E-state index contributed by atoms with van der Waals surface area (Å²) in [5.74, 6) is -2.12. The van der Waals surface area contributed by atoms with E-state index < -0.39 is 11.9 Å². The van der Waals surface area contributed by atoms with Gasteiger partial charge in [-0.25, -0.2) is 0 Å². The molecule has 31 heavy (non-hydrogen) atoms. The van der Waals surface area contributed by atoms with Gasteiger partial charge in [-0.15, -0.1) is 0 Å². The second-order valence-electron chi connectivity index (χ2n) is 8.02. The number of hydrogen-bond acceptors (Lipinski definition) is 6. The maximum absolute atomic E-state index is 12.7. The van der Waals surface area contributed by atoms with Gasteiger partial charge in [0, 0.05) is 12.2 Å². The van der Waals surface area contributed by atoms with Crippen molar-refractivity contribution in [2.45, 2.75) is 57.8 Å². The molecule has 1 aliphatic carbocycles. The molecule has 0 N–H and O–H groups in total. The van der Waals surface area contributed by atoms with Crippen molar-refractivity contribution < 1.29 is 24.6 Å². The molecule has 0 radical (unpaired) electrons. The highest BCUT2D eigenvalue weighted by Crippen LogP contribution is 2.34. The number of likely N-dealkylation sites (N-methyl/N-ethyl adjacent to an activating group) is 1. The number of amides is 1. The number of benzene rings is 1. The molecule has 170 valence electrons. The van der Waals surface area contributed by atoms with Crippen LogP contribution >= 0.6 is 0 Å². The summed E-state index contributed by atoms with van der Waals surface area (Å²) in [5.41, 5.74) is 2.50. The first-order valence-corrected chi connectivity index (χ1v) is 11.1. The average molecular weight is 429 g/mol. The fourth-order valence-electron chi connectivity index (χ4n) is 4.22. The second-order valence-corrected chi connectivity index (χ2v) is 8.02. The zero-order valence-electron chi connectivity index (χ0n) is 18.3. The molecule has 1 aromatic carbocycles. The third-order valence-corrected chi connectivity index (χ3v) is 5.81. The van der Waals surface area contributed by atoms with E-state index in [2.05, 4.69) is 36.1 Å². The van der Waals surface area contributed by atoms with Crippen molar-refractivity contribution in [3.8, 4) is 0 Å². The molecule has 1 amide bonds. The monoisotopic (exact) mass is 428 g/mol. The number of carbonyl (C=O) groups is 3. The normalized spacial score (nSPS) is 17.2. The van der Waals surface area contributed by atoms with Crippen molar-refractivity contribution in [3.63, 3.8) is 0 Å². The Balaban J connectivity index is 0.000000366. The van der Waals surface area contributed by atoms with Gasteiger partial charge in [-0.3, -0.25) is 9.69 Å². The molecule has 2 fully saturated rings. The number of carbonyl (C=O) groups excluding carboxylic acids is 3. The Morgan fingerprint density at radius 1 is 0.935 bits per heavy atom. The Morgan fingerprint density at radius 3 is 1.97 bits per heavy atom. The van der Waals surface area contributed by atoms with Gasteiger partial charge in [0.1, 0.15) is 0 Å². The highest BCUT2D eigenvalue weighted by Gasteiger charge is 2.20. The van der Waals surface area contributed by atoms with Crippen molar-refractivity contribution in [1.29, 1.82) is 0 Å². The molecule has 0 aromatic heterocycles. The van der Waals surface area contributed by atoms with Crippen LogP contribution in [0.25, 0.3) is 0 Å². The number of nitrogens with zero attached hydrogens (tertiary/aromatic N) is 2. The summed E-state index contributed by atoms with van der Waals surface area (Å²) in [6.07, 6.45) is 9.92. The molecule has 0 atom stereocenters. The number of likely N-dealkylation sites (tertiary alicyclic amines) is 1. The minimum atomic E-state index is -1.55. The molecular formula is C24H32N2O5-2. The molecule has 0 spiro atoms. The first-order valence-electron chi connectivity index (χ1n) is 11.1. The lowest BCUT2D eigenvalue weighted by atomic mass is 9.97. The molecule has 1 heterocycles. The molecule has 2 aliphatic rings. The SMILES string of the molecule is CCN(C(=O)CN1CCCCC1)c1ccc(C2CCCC2)cc1.O=C([O-])/C=C\C(=O)[O-]. The van der Waals surface area contributed by atoms with Crippen LogP contribution in [0.3, 0.4) is 0 Å². The summed E-state index contributed by atoms with van der Waals surface area (Å²) in [4.78, 5) is 35.7. The van der Waals surface area contributed by atoms with Crippen LogP contribution in [0.15, 0.2) is 36.4 Å². The quantitative estimate of drug-likeness (QED) is 0.605. The van der Waals surface area contributed by atoms with Gasteiger partial charge >= 0.3 is 0 Å². The number of aliphatic carboxylic acids is 2. The van der Waals surface area contributed by atoms with E-state index in [0.29, 0.717) is 18.7 Å². The summed E-state index contributed by atoms with van der Waals surface area (Å²) >= 11 is 0. The van der Waals surface area contributed by atoms with E-state index in [1.807, 2.05) is 4.90 Å². The molecule has 1 saturated heterocycles. The predicted octanol–water partition coefficient (Wildman–Crippen LogP) is 1.23. The maximum Gasteiger partial charge on any atom is 0.241 e. The smallest absolute Gasteiger partial charge is 0.241 e. The highest BCUT2D eigenvalue weighted by molar-refractivity contribution is 5.94. The van der Waals surface area contributed by atoms with Crippen LogP contribution in [0.1, 0.15) is 63.4 Å². The Hall–Kier alpha value is -2.67. The summed E-state index contributed by atoms with van der Waals surface area (Å²) in [7, 11) is 0. The zero-order valence-corrected chi connectivity index (χ0v) is 18.3. The molecule has 0 bridgehead atoms. The van der Waals surface area contributed by atoms with E-state index in [1.54, 1.807) is 0 Å². The molecule has 3 rings (SSSR count). The Bertz CT molecular complexity index is 732. The topological polar surface area (TPSA) is 104 Å².